The Morgan fingerprint density at radius 3 is 1.45 bits per heavy atom. The molecule has 0 aromatic heterocycles. The van der Waals surface area contributed by atoms with Crippen LogP contribution >= 0.6 is 0 Å². The molecular formula is C14H28N4O2. The van der Waals surface area contributed by atoms with Crippen molar-refractivity contribution in [2.75, 3.05) is 13.1 Å². The molecule has 0 saturated heterocycles. The highest BCUT2D eigenvalue weighted by molar-refractivity contribution is 5.74. The number of nitrogens with one attached hydrogen (secondary N) is 4. The molecule has 0 spiro atoms. The van der Waals surface area contributed by atoms with E-state index in [1.807, 2.05) is 13.8 Å². The highest BCUT2D eigenvalue weighted by Gasteiger charge is 2.23. The van der Waals surface area contributed by atoms with Gasteiger partial charge in [-0.15, -0.1) is 0 Å². The maximum atomic E-state index is 11.5. The molecule has 0 unspecified atom stereocenters. The highest BCUT2D eigenvalue weighted by Crippen LogP contribution is 2.18. The second-order valence-corrected chi connectivity index (χ2v) is 5.35. The zero-order chi connectivity index (χ0) is 14.8. The van der Waals surface area contributed by atoms with E-state index in [-0.39, 0.29) is 24.1 Å². The van der Waals surface area contributed by atoms with Crippen molar-refractivity contribution in [3.63, 3.8) is 0 Å². The third-order valence-electron chi connectivity index (χ3n) is 3.47. The van der Waals surface area contributed by atoms with E-state index in [0.717, 1.165) is 38.5 Å². The van der Waals surface area contributed by atoms with Crippen LogP contribution in [0.25, 0.3) is 0 Å². The zero-order valence-corrected chi connectivity index (χ0v) is 12.6. The summed E-state index contributed by atoms with van der Waals surface area (Å²) in [5.74, 6) is 0. The monoisotopic (exact) mass is 284 g/mol. The van der Waals surface area contributed by atoms with Crippen molar-refractivity contribution < 1.29 is 9.59 Å². The van der Waals surface area contributed by atoms with Gasteiger partial charge in [-0.25, -0.2) is 9.59 Å². The van der Waals surface area contributed by atoms with Gasteiger partial charge in [0.25, 0.3) is 0 Å². The Labute approximate surface area is 121 Å². The van der Waals surface area contributed by atoms with Crippen LogP contribution in [0.1, 0.15) is 52.4 Å². The van der Waals surface area contributed by atoms with Crippen molar-refractivity contribution in [1.82, 2.24) is 21.3 Å². The van der Waals surface area contributed by atoms with Crippen molar-refractivity contribution in [3.05, 3.63) is 0 Å². The molecule has 1 saturated carbocycles. The Morgan fingerprint density at radius 2 is 1.15 bits per heavy atom. The van der Waals surface area contributed by atoms with Gasteiger partial charge in [-0.2, -0.15) is 0 Å². The lowest BCUT2D eigenvalue weighted by molar-refractivity contribution is 0.221. The van der Waals surface area contributed by atoms with Crippen LogP contribution in [0.15, 0.2) is 0 Å². The molecular weight excluding hydrogens is 256 g/mol. The predicted octanol–water partition coefficient (Wildman–Crippen LogP) is 1.72. The minimum Gasteiger partial charge on any atom is -0.338 e. The first-order valence-corrected chi connectivity index (χ1v) is 7.74. The molecule has 20 heavy (non-hydrogen) atoms. The number of hydrogen-bond donors (Lipinski definition) is 4. The summed E-state index contributed by atoms with van der Waals surface area (Å²) in [5.41, 5.74) is 0. The molecule has 0 aliphatic heterocycles. The number of hydrogen-bond acceptors (Lipinski definition) is 2. The van der Waals surface area contributed by atoms with Crippen LogP contribution in [0.4, 0.5) is 9.59 Å². The van der Waals surface area contributed by atoms with Crippen LogP contribution < -0.4 is 21.3 Å². The molecule has 1 fully saturated rings. The van der Waals surface area contributed by atoms with Crippen LogP contribution in [-0.4, -0.2) is 37.2 Å². The van der Waals surface area contributed by atoms with Crippen molar-refractivity contribution >= 4 is 12.1 Å². The van der Waals surface area contributed by atoms with E-state index in [0.29, 0.717) is 13.1 Å². The van der Waals surface area contributed by atoms with Crippen molar-refractivity contribution in [3.8, 4) is 0 Å². The molecule has 0 aromatic rings. The van der Waals surface area contributed by atoms with E-state index in [1.54, 1.807) is 0 Å². The Morgan fingerprint density at radius 1 is 0.800 bits per heavy atom. The lowest BCUT2D eigenvalue weighted by atomic mass is 9.91. The van der Waals surface area contributed by atoms with Gasteiger partial charge in [0.2, 0.25) is 0 Å². The van der Waals surface area contributed by atoms with E-state index >= 15 is 0 Å². The minimum absolute atomic E-state index is 0.0797. The first kappa shape index (κ1) is 16.6. The predicted molar refractivity (Wildman–Crippen MR) is 79.7 cm³/mol. The van der Waals surface area contributed by atoms with E-state index in [1.165, 1.54) is 0 Å². The first-order valence-electron chi connectivity index (χ1n) is 7.74. The second-order valence-electron chi connectivity index (χ2n) is 5.35. The lowest BCUT2D eigenvalue weighted by Crippen LogP contribution is -2.48. The SMILES string of the molecule is CCCNC(=O)NC1CCC(NC(=O)NCCC)CC1. The summed E-state index contributed by atoms with van der Waals surface area (Å²) in [4.78, 5) is 23.1. The molecule has 4 N–H and O–H groups in total. The Balaban J connectivity index is 2.16. The molecule has 0 radical (unpaired) electrons. The van der Waals surface area contributed by atoms with Gasteiger partial charge in [-0.3, -0.25) is 0 Å². The molecule has 0 atom stereocenters. The second kappa shape index (κ2) is 9.44. The van der Waals surface area contributed by atoms with Crippen LogP contribution in [-0.2, 0) is 0 Å². The Bertz CT molecular complexity index is 272. The fourth-order valence-corrected chi connectivity index (χ4v) is 2.33. The van der Waals surface area contributed by atoms with Crippen LogP contribution in [0.3, 0.4) is 0 Å². The van der Waals surface area contributed by atoms with E-state index in [2.05, 4.69) is 21.3 Å². The quantitative estimate of drug-likeness (QED) is 0.599. The number of amides is 4. The summed E-state index contributed by atoms with van der Waals surface area (Å²) in [6.07, 6.45) is 5.54. The molecule has 0 heterocycles. The van der Waals surface area contributed by atoms with E-state index < -0.39 is 0 Å². The summed E-state index contributed by atoms with van der Waals surface area (Å²) in [7, 11) is 0. The molecule has 4 amide bonds. The molecule has 116 valence electrons. The van der Waals surface area contributed by atoms with Crippen LogP contribution in [0, 0.1) is 0 Å². The molecule has 6 nitrogen and oxygen atoms in total. The Kier molecular flexibility index (Phi) is 7.84. The molecule has 0 aromatic carbocycles. The largest absolute Gasteiger partial charge is 0.338 e. The third kappa shape index (κ3) is 6.63. The van der Waals surface area contributed by atoms with Crippen molar-refractivity contribution in [2.24, 2.45) is 0 Å². The smallest absolute Gasteiger partial charge is 0.315 e. The third-order valence-corrected chi connectivity index (χ3v) is 3.47. The number of rotatable bonds is 6. The molecule has 1 aliphatic carbocycles. The minimum atomic E-state index is -0.0797. The molecule has 6 heteroatoms. The fraction of sp³-hybridized carbons (Fsp3) is 0.857. The number of carbonyl (C=O) groups excluding carboxylic acids is 2. The first-order chi connectivity index (χ1) is 9.65. The highest BCUT2D eigenvalue weighted by atomic mass is 16.2. The van der Waals surface area contributed by atoms with Crippen LogP contribution in [0.5, 0.6) is 0 Å². The van der Waals surface area contributed by atoms with E-state index in [4.69, 9.17) is 0 Å². The molecule has 0 bridgehead atoms. The Hall–Kier alpha value is -1.46. The standard InChI is InChI=1S/C14H28N4O2/c1-3-9-15-13(19)17-11-5-7-12(8-6-11)18-14(20)16-10-4-2/h11-12H,3-10H2,1-2H3,(H2,15,17,19)(H2,16,18,20). The van der Waals surface area contributed by atoms with Gasteiger partial charge in [-0.1, -0.05) is 13.8 Å². The average molecular weight is 284 g/mol. The van der Waals surface area contributed by atoms with E-state index in [9.17, 15) is 9.59 Å². The van der Waals surface area contributed by atoms with Gasteiger partial charge in [0.05, 0.1) is 0 Å². The molecule has 1 aliphatic rings. The average Bonchev–Trinajstić information content (AvgIpc) is 2.45. The molecule has 1 rings (SSSR count). The topological polar surface area (TPSA) is 82.3 Å². The normalized spacial score (nSPS) is 21.9. The van der Waals surface area contributed by atoms with Gasteiger partial charge in [-0.05, 0) is 38.5 Å². The summed E-state index contributed by atoms with van der Waals surface area (Å²) in [5, 5.41) is 11.6. The number of carbonyl (C=O) groups is 2. The summed E-state index contributed by atoms with van der Waals surface area (Å²) < 4.78 is 0. The lowest BCUT2D eigenvalue weighted by Gasteiger charge is -2.29. The summed E-state index contributed by atoms with van der Waals surface area (Å²) >= 11 is 0. The zero-order valence-electron chi connectivity index (χ0n) is 12.6. The maximum Gasteiger partial charge on any atom is 0.315 e. The summed E-state index contributed by atoms with van der Waals surface area (Å²) in [6, 6.07) is 0.292. The van der Waals surface area contributed by atoms with Gasteiger partial charge in [0, 0.05) is 25.2 Å². The van der Waals surface area contributed by atoms with Gasteiger partial charge in [0.15, 0.2) is 0 Å². The van der Waals surface area contributed by atoms with Crippen LogP contribution in [0.2, 0.25) is 0 Å². The van der Waals surface area contributed by atoms with Gasteiger partial charge < -0.3 is 21.3 Å². The van der Waals surface area contributed by atoms with Crippen molar-refractivity contribution in [2.45, 2.75) is 64.5 Å². The van der Waals surface area contributed by atoms with Gasteiger partial charge >= 0.3 is 12.1 Å². The van der Waals surface area contributed by atoms with Crippen molar-refractivity contribution in [1.29, 1.82) is 0 Å². The van der Waals surface area contributed by atoms with Gasteiger partial charge in [0.1, 0.15) is 0 Å². The fourth-order valence-electron chi connectivity index (χ4n) is 2.33. The number of urea groups is 2. The summed E-state index contributed by atoms with van der Waals surface area (Å²) in [6.45, 7) is 5.47. The maximum absolute atomic E-state index is 11.5.